The van der Waals surface area contributed by atoms with Gasteiger partial charge in [0.05, 0.1) is 13.2 Å². The number of ether oxygens (including phenoxy) is 3. The van der Waals surface area contributed by atoms with Crippen LogP contribution in [0, 0.1) is 20.8 Å². The number of fused-ring (bicyclic) bond motifs is 1. The molecule has 0 saturated carbocycles. The predicted molar refractivity (Wildman–Crippen MR) is 104 cm³/mol. The number of para-hydroxylation sites is 1. The largest absolute Gasteiger partial charge is 0.491 e. The molecule has 0 atom stereocenters. The van der Waals surface area contributed by atoms with Crippen molar-refractivity contribution in [1.82, 2.24) is 4.98 Å². The maximum absolute atomic E-state index is 5.85. The lowest BCUT2D eigenvalue weighted by molar-refractivity contribution is 0.0765. The highest BCUT2D eigenvalue weighted by molar-refractivity contribution is 5.84. The van der Waals surface area contributed by atoms with E-state index < -0.39 is 0 Å². The minimum atomic E-state index is 0.484. The van der Waals surface area contributed by atoms with Gasteiger partial charge in [-0.15, -0.1) is 0 Å². The second-order valence-electron chi connectivity index (χ2n) is 6.35. The lowest BCUT2D eigenvalue weighted by atomic mass is 10.1. The van der Waals surface area contributed by atoms with Crippen molar-refractivity contribution in [3.8, 4) is 11.5 Å². The molecule has 3 rings (SSSR count). The van der Waals surface area contributed by atoms with E-state index in [0.29, 0.717) is 26.4 Å². The van der Waals surface area contributed by atoms with E-state index in [9.17, 15) is 0 Å². The van der Waals surface area contributed by atoms with Gasteiger partial charge in [0.2, 0.25) is 0 Å². The number of benzene rings is 2. The molecule has 0 aliphatic carbocycles. The zero-order chi connectivity index (χ0) is 18.4. The zero-order valence-electron chi connectivity index (χ0n) is 15.6. The second kappa shape index (κ2) is 8.68. The third-order valence-corrected chi connectivity index (χ3v) is 4.33. The molecule has 0 bridgehead atoms. The first kappa shape index (κ1) is 18.2. The predicted octanol–water partition coefficient (Wildman–Crippen LogP) is 4.63. The summed E-state index contributed by atoms with van der Waals surface area (Å²) in [5.41, 5.74) is 4.52. The maximum atomic E-state index is 5.85. The molecule has 0 aliphatic heterocycles. The number of pyridine rings is 1. The highest BCUT2D eigenvalue weighted by Gasteiger charge is 2.04. The molecule has 0 N–H and O–H groups in total. The van der Waals surface area contributed by atoms with Crippen LogP contribution in [0.25, 0.3) is 10.9 Å². The molecule has 1 aromatic heterocycles. The SMILES string of the molecule is Cc1cc(C)c(C)c(OCCOCCOc2cccc3cccnc23)c1. The third-order valence-electron chi connectivity index (χ3n) is 4.33. The molecule has 0 saturated heterocycles. The molecule has 4 heteroatoms. The smallest absolute Gasteiger partial charge is 0.145 e. The molecule has 136 valence electrons. The Morgan fingerprint density at radius 1 is 0.808 bits per heavy atom. The molecule has 3 aromatic rings. The summed E-state index contributed by atoms with van der Waals surface area (Å²) in [6.45, 7) is 8.32. The van der Waals surface area contributed by atoms with E-state index in [1.807, 2.05) is 30.3 Å². The molecule has 2 aromatic carbocycles. The van der Waals surface area contributed by atoms with Gasteiger partial charge in [0.1, 0.15) is 30.2 Å². The van der Waals surface area contributed by atoms with Gasteiger partial charge < -0.3 is 14.2 Å². The minimum Gasteiger partial charge on any atom is -0.491 e. The van der Waals surface area contributed by atoms with Crippen molar-refractivity contribution in [2.45, 2.75) is 20.8 Å². The van der Waals surface area contributed by atoms with Crippen molar-refractivity contribution in [2.75, 3.05) is 26.4 Å². The van der Waals surface area contributed by atoms with Crippen molar-refractivity contribution in [3.63, 3.8) is 0 Å². The first-order valence-electron chi connectivity index (χ1n) is 8.90. The molecule has 0 aliphatic rings. The van der Waals surface area contributed by atoms with Crippen LogP contribution in [0.2, 0.25) is 0 Å². The molecule has 0 fully saturated rings. The Hall–Kier alpha value is -2.59. The number of hydrogen-bond acceptors (Lipinski definition) is 4. The molecule has 0 spiro atoms. The van der Waals surface area contributed by atoms with Crippen LogP contribution in [0.3, 0.4) is 0 Å². The van der Waals surface area contributed by atoms with Crippen molar-refractivity contribution in [2.24, 2.45) is 0 Å². The van der Waals surface area contributed by atoms with Crippen LogP contribution in [0.5, 0.6) is 11.5 Å². The van der Waals surface area contributed by atoms with Gasteiger partial charge in [-0.2, -0.15) is 0 Å². The lowest BCUT2D eigenvalue weighted by Gasteiger charge is -2.13. The zero-order valence-corrected chi connectivity index (χ0v) is 15.6. The van der Waals surface area contributed by atoms with Crippen LogP contribution in [0.1, 0.15) is 16.7 Å². The number of aryl methyl sites for hydroxylation is 2. The van der Waals surface area contributed by atoms with Crippen molar-refractivity contribution in [1.29, 1.82) is 0 Å². The molecule has 26 heavy (non-hydrogen) atoms. The Morgan fingerprint density at radius 3 is 2.35 bits per heavy atom. The summed E-state index contributed by atoms with van der Waals surface area (Å²) in [6, 6.07) is 14.1. The fourth-order valence-corrected chi connectivity index (χ4v) is 2.87. The number of nitrogens with zero attached hydrogens (tertiary/aromatic N) is 1. The fraction of sp³-hybridized carbons (Fsp3) is 0.318. The van der Waals surface area contributed by atoms with Gasteiger partial charge in [-0.1, -0.05) is 24.3 Å². The Bertz CT molecular complexity index is 871. The Labute approximate surface area is 154 Å². The molecular formula is C22H25NO3. The fourth-order valence-electron chi connectivity index (χ4n) is 2.87. The summed E-state index contributed by atoms with van der Waals surface area (Å²) in [6.07, 6.45) is 1.78. The van der Waals surface area contributed by atoms with Crippen LogP contribution < -0.4 is 9.47 Å². The molecular weight excluding hydrogens is 326 g/mol. The van der Waals surface area contributed by atoms with Crippen LogP contribution in [0.15, 0.2) is 48.7 Å². The minimum absolute atomic E-state index is 0.484. The maximum Gasteiger partial charge on any atom is 0.145 e. The highest BCUT2D eigenvalue weighted by Crippen LogP contribution is 2.24. The van der Waals surface area contributed by atoms with Gasteiger partial charge in [-0.05, 0) is 55.7 Å². The van der Waals surface area contributed by atoms with Gasteiger partial charge in [-0.3, -0.25) is 4.98 Å². The van der Waals surface area contributed by atoms with E-state index in [-0.39, 0.29) is 0 Å². The van der Waals surface area contributed by atoms with Crippen molar-refractivity contribution < 1.29 is 14.2 Å². The van der Waals surface area contributed by atoms with Gasteiger partial charge >= 0.3 is 0 Å². The Balaban J connectivity index is 1.40. The van der Waals surface area contributed by atoms with Gasteiger partial charge in [0, 0.05) is 11.6 Å². The number of rotatable bonds is 8. The van der Waals surface area contributed by atoms with Gasteiger partial charge in [-0.25, -0.2) is 0 Å². The molecule has 0 amide bonds. The van der Waals surface area contributed by atoms with E-state index in [0.717, 1.165) is 22.4 Å². The highest BCUT2D eigenvalue weighted by atomic mass is 16.5. The average molecular weight is 351 g/mol. The summed E-state index contributed by atoms with van der Waals surface area (Å²) < 4.78 is 17.3. The molecule has 0 unspecified atom stereocenters. The lowest BCUT2D eigenvalue weighted by Crippen LogP contribution is -2.12. The molecule has 4 nitrogen and oxygen atoms in total. The first-order valence-corrected chi connectivity index (χ1v) is 8.90. The van der Waals surface area contributed by atoms with Crippen LogP contribution in [-0.2, 0) is 4.74 Å². The Morgan fingerprint density at radius 2 is 1.54 bits per heavy atom. The van der Waals surface area contributed by atoms with E-state index in [1.54, 1.807) is 6.20 Å². The summed E-state index contributed by atoms with van der Waals surface area (Å²) >= 11 is 0. The standard InChI is InChI=1S/C22H25NO3/c1-16-14-17(2)18(3)21(15-16)26-13-11-24-10-12-25-20-8-4-6-19-7-5-9-23-22(19)20/h4-9,14-15H,10-13H2,1-3H3. The topological polar surface area (TPSA) is 40.6 Å². The number of aromatic nitrogens is 1. The van der Waals surface area contributed by atoms with Crippen LogP contribution >= 0.6 is 0 Å². The van der Waals surface area contributed by atoms with Crippen LogP contribution in [-0.4, -0.2) is 31.4 Å². The average Bonchev–Trinajstić information content (AvgIpc) is 2.64. The quantitative estimate of drug-likeness (QED) is 0.555. The van der Waals surface area contributed by atoms with E-state index >= 15 is 0 Å². The van der Waals surface area contributed by atoms with E-state index in [4.69, 9.17) is 14.2 Å². The summed E-state index contributed by atoms with van der Waals surface area (Å²) in [4.78, 5) is 4.38. The second-order valence-corrected chi connectivity index (χ2v) is 6.35. The van der Waals surface area contributed by atoms with E-state index in [2.05, 4.69) is 37.9 Å². The van der Waals surface area contributed by atoms with Crippen molar-refractivity contribution >= 4 is 10.9 Å². The Kier molecular flexibility index (Phi) is 6.08. The summed E-state index contributed by atoms with van der Waals surface area (Å²) in [7, 11) is 0. The van der Waals surface area contributed by atoms with Gasteiger partial charge in [0.15, 0.2) is 0 Å². The first-order chi connectivity index (χ1) is 12.6. The van der Waals surface area contributed by atoms with E-state index in [1.165, 1.54) is 16.7 Å². The monoisotopic (exact) mass is 351 g/mol. The number of hydrogen-bond donors (Lipinski definition) is 0. The van der Waals surface area contributed by atoms with Crippen LogP contribution in [0.4, 0.5) is 0 Å². The summed E-state index contributed by atoms with van der Waals surface area (Å²) in [5.74, 6) is 1.72. The molecule has 1 heterocycles. The summed E-state index contributed by atoms with van der Waals surface area (Å²) in [5, 5.41) is 1.07. The van der Waals surface area contributed by atoms with Gasteiger partial charge in [0.25, 0.3) is 0 Å². The van der Waals surface area contributed by atoms with Crippen molar-refractivity contribution in [3.05, 3.63) is 65.4 Å². The third kappa shape index (κ3) is 4.52. The molecule has 0 radical (unpaired) electrons. The normalized spacial score (nSPS) is 10.9.